The molecule has 0 aromatic carbocycles. The van der Waals surface area contributed by atoms with Crippen molar-refractivity contribution in [1.82, 2.24) is 5.16 Å². The summed E-state index contributed by atoms with van der Waals surface area (Å²) < 4.78 is 11.7. The molecule has 0 saturated heterocycles. The van der Waals surface area contributed by atoms with E-state index in [2.05, 4.69) is 31.0 Å². The molecule has 6 heteroatoms. The molecule has 4 aliphatic rings. The van der Waals surface area contributed by atoms with Gasteiger partial charge >= 0.3 is 5.97 Å². The lowest BCUT2D eigenvalue weighted by molar-refractivity contribution is -0.173. The average molecular weight is 466 g/mol. The molecule has 3 saturated carbocycles. The molecule has 0 aliphatic heterocycles. The number of carbonyl (C=O) groups excluding carboxylic acids is 1. The second kappa shape index (κ2) is 8.53. The zero-order valence-electron chi connectivity index (χ0n) is 20.6. The number of rotatable bonds is 6. The predicted molar refractivity (Wildman–Crippen MR) is 131 cm³/mol. The quantitative estimate of drug-likeness (QED) is 0.370. The van der Waals surface area contributed by atoms with Crippen molar-refractivity contribution in [3.63, 3.8) is 0 Å². The maximum Gasteiger partial charge on any atom is 0.324 e. The number of unbranched alkanes of at least 4 members (excludes halogenated alkanes) is 1. The minimum Gasteiger partial charge on any atom is -0.444 e. The molecule has 1 aromatic heterocycles. The summed E-state index contributed by atoms with van der Waals surface area (Å²) in [5.74, 6) is 5.20. The summed E-state index contributed by atoms with van der Waals surface area (Å²) in [5, 5.41) is 4.05. The van der Waals surface area contributed by atoms with Crippen molar-refractivity contribution in [2.24, 2.45) is 40.1 Å². The van der Waals surface area contributed by atoms with E-state index >= 15 is 0 Å². The summed E-state index contributed by atoms with van der Waals surface area (Å²) in [5.41, 5.74) is 13.6. The van der Waals surface area contributed by atoms with Crippen molar-refractivity contribution in [1.29, 1.82) is 0 Å². The first-order valence-electron chi connectivity index (χ1n) is 13.1. The number of nitrogens with two attached hydrogens (primary N) is 2. The van der Waals surface area contributed by atoms with Crippen LogP contribution in [0.2, 0.25) is 0 Å². The highest BCUT2D eigenvalue weighted by Crippen LogP contribution is 2.68. The first-order chi connectivity index (χ1) is 16.3. The van der Waals surface area contributed by atoms with E-state index in [-0.39, 0.29) is 16.8 Å². The summed E-state index contributed by atoms with van der Waals surface area (Å²) in [7, 11) is 0. The van der Waals surface area contributed by atoms with Crippen molar-refractivity contribution in [3.05, 3.63) is 23.1 Å². The number of hydrogen-bond donors (Lipinski definition) is 2. The Morgan fingerprint density at radius 2 is 2.09 bits per heavy atom. The number of nitrogens with zero attached hydrogens (tertiary/aromatic N) is 1. The molecule has 6 nitrogen and oxygen atoms in total. The van der Waals surface area contributed by atoms with E-state index in [4.69, 9.17) is 27.2 Å². The van der Waals surface area contributed by atoms with Crippen LogP contribution in [0.3, 0.4) is 0 Å². The number of aromatic nitrogens is 1. The van der Waals surface area contributed by atoms with E-state index in [1.54, 1.807) is 0 Å². The lowest BCUT2D eigenvalue weighted by Crippen LogP contribution is -2.56. The molecule has 4 aliphatic carbocycles. The highest BCUT2D eigenvalue weighted by atomic mass is 16.6. The van der Waals surface area contributed by atoms with Crippen LogP contribution in [-0.2, 0) is 16.0 Å². The molecule has 0 spiro atoms. The average Bonchev–Trinajstić information content (AvgIpc) is 3.38. The van der Waals surface area contributed by atoms with Gasteiger partial charge in [0, 0.05) is 11.0 Å². The molecule has 0 radical (unpaired) electrons. The van der Waals surface area contributed by atoms with E-state index in [9.17, 15) is 4.79 Å². The molecule has 3 fully saturated rings. The molecular formula is C28H39N3O3. The number of allylic oxidation sites excluding steroid dienone is 1. The number of ether oxygens (including phenoxy) is 1. The highest BCUT2D eigenvalue weighted by molar-refractivity contribution is 5.76. The standard InChI is InChI=1S/C28H39N3O3/c1-4-28(33-25(32)23(30)7-5-6-14-29)13-11-22-20-9-8-19-15-24-18(17-31-34-24)16-26(19,2)21(20)10-12-27(22,28)3/h1,15,17,20-23H,5-14,16,29-30H2,2-3H3/t20-,21+,22+,23+,26+,27+,28+/m1/s1. The Morgan fingerprint density at radius 3 is 2.85 bits per heavy atom. The normalized spacial score (nSPS) is 39.0. The molecule has 0 unspecified atom stereocenters. The van der Waals surface area contributed by atoms with Crippen LogP contribution in [0.15, 0.2) is 16.3 Å². The molecule has 1 heterocycles. The highest BCUT2D eigenvalue weighted by Gasteiger charge is 2.66. The first-order valence-corrected chi connectivity index (χ1v) is 13.1. The molecule has 184 valence electrons. The number of carbonyl (C=O) groups is 1. The largest absolute Gasteiger partial charge is 0.444 e. The Morgan fingerprint density at radius 1 is 1.29 bits per heavy atom. The van der Waals surface area contributed by atoms with Crippen LogP contribution in [-0.4, -0.2) is 29.3 Å². The molecule has 0 amide bonds. The topological polar surface area (TPSA) is 104 Å². The SMILES string of the molecule is C#C[C@]1(OC(=O)[C@@H](N)CCCCN)CC[C@H]2[C@@H]3CCC4=Cc5oncc5C[C@]4(C)[C@H]3CC[C@@]21C. The van der Waals surface area contributed by atoms with Crippen LogP contribution in [0.4, 0.5) is 0 Å². The van der Waals surface area contributed by atoms with E-state index in [0.29, 0.717) is 30.7 Å². The number of hydrogen-bond acceptors (Lipinski definition) is 6. The maximum atomic E-state index is 13.0. The minimum absolute atomic E-state index is 0.131. The monoisotopic (exact) mass is 465 g/mol. The van der Waals surface area contributed by atoms with Gasteiger partial charge in [-0.1, -0.05) is 36.9 Å². The van der Waals surface area contributed by atoms with Crippen molar-refractivity contribution in [2.45, 2.75) is 89.7 Å². The molecule has 0 bridgehead atoms. The summed E-state index contributed by atoms with van der Waals surface area (Å²) >= 11 is 0. The van der Waals surface area contributed by atoms with Crippen LogP contribution in [0.1, 0.15) is 83.0 Å². The van der Waals surface area contributed by atoms with Crippen LogP contribution in [0.5, 0.6) is 0 Å². The Bertz CT molecular complexity index is 1020. The molecular weight excluding hydrogens is 426 g/mol. The third kappa shape index (κ3) is 3.38. The van der Waals surface area contributed by atoms with Gasteiger partial charge in [0.05, 0.1) is 6.20 Å². The van der Waals surface area contributed by atoms with Crippen molar-refractivity contribution in [3.8, 4) is 12.3 Å². The van der Waals surface area contributed by atoms with Crippen molar-refractivity contribution < 1.29 is 14.1 Å². The molecule has 34 heavy (non-hydrogen) atoms. The second-order valence-electron chi connectivity index (χ2n) is 11.7. The summed E-state index contributed by atoms with van der Waals surface area (Å²) in [6.07, 6.45) is 19.6. The van der Waals surface area contributed by atoms with Gasteiger partial charge in [0.15, 0.2) is 11.4 Å². The van der Waals surface area contributed by atoms with Gasteiger partial charge in [0.1, 0.15) is 6.04 Å². The van der Waals surface area contributed by atoms with Crippen LogP contribution < -0.4 is 11.5 Å². The van der Waals surface area contributed by atoms with Crippen LogP contribution >= 0.6 is 0 Å². The maximum absolute atomic E-state index is 13.0. The Balaban J connectivity index is 1.37. The second-order valence-corrected chi connectivity index (χ2v) is 11.7. The summed E-state index contributed by atoms with van der Waals surface area (Å²) in [6.45, 7) is 5.32. The zero-order valence-corrected chi connectivity index (χ0v) is 20.6. The van der Waals surface area contributed by atoms with Gasteiger partial charge in [-0.25, -0.2) is 0 Å². The van der Waals surface area contributed by atoms with Gasteiger partial charge < -0.3 is 20.7 Å². The predicted octanol–water partition coefficient (Wildman–Crippen LogP) is 4.23. The molecule has 7 atom stereocenters. The summed E-state index contributed by atoms with van der Waals surface area (Å²) in [4.78, 5) is 13.0. The fourth-order valence-electron chi connectivity index (χ4n) is 8.19. The minimum atomic E-state index is -0.865. The van der Waals surface area contributed by atoms with Gasteiger partial charge in [-0.3, -0.25) is 4.79 Å². The number of fused-ring (bicyclic) bond motifs is 6. The summed E-state index contributed by atoms with van der Waals surface area (Å²) in [6, 6.07) is -0.642. The van der Waals surface area contributed by atoms with Crippen molar-refractivity contribution >= 4 is 12.0 Å². The van der Waals surface area contributed by atoms with E-state index in [1.165, 1.54) is 11.1 Å². The smallest absolute Gasteiger partial charge is 0.324 e. The van der Waals surface area contributed by atoms with E-state index in [1.807, 2.05) is 6.20 Å². The Kier molecular flexibility index (Phi) is 5.93. The Hall–Kier alpha value is -2.10. The first kappa shape index (κ1) is 23.6. The van der Waals surface area contributed by atoms with Gasteiger partial charge in [0.2, 0.25) is 0 Å². The van der Waals surface area contributed by atoms with E-state index < -0.39 is 11.6 Å². The van der Waals surface area contributed by atoms with E-state index in [0.717, 1.165) is 63.5 Å². The molecule has 1 aromatic rings. The third-order valence-corrected chi connectivity index (χ3v) is 10.2. The zero-order chi connectivity index (χ0) is 24.1. The fraction of sp³-hybridized carbons (Fsp3) is 0.714. The number of esters is 1. The lowest BCUT2D eigenvalue weighted by atomic mass is 9.46. The number of terminal acetylenes is 1. The van der Waals surface area contributed by atoms with Gasteiger partial charge in [-0.05, 0) is 93.6 Å². The fourth-order valence-corrected chi connectivity index (χ4v) is 8.19. The third-order valence-electron chi connectivity index (χ3n) is 10.2. The van der Waals surface area contributed by atoms with Crippen LogP contribution in [0.25, 0.3) is 6.08 Å². The van der Waals surface area contributed by atoms with Gasteiger partial charge in [-0.15, -0.1) is 6.42 Å². The van der Waals surface area contributed by atoms with Gasteiger partial charge in [-0.2, -0.15) is 0 Å². The van der Waals surface area contributed by atoms with Gasteiger partial charge in [0.25, 0.3) is 0 Å². The van der Waals surface area contributed by atoms with Crippen LogP contribution in [0, 0.1) is 40.9 Å². The van der Waals surface area contributed by atoms with Crippen molar-refractivity contribution in [2.75, 3.05) is 6.54 Å². The lowest BCUT2D eigenvalue weighted by Gasteiger charge is -2.58. The Labute approximate surface area is 203 Å². The molecule has 4 N–H and O–H groups in total. The molecule has 5 rings (SSSR count).